The molecule has 0 spiro atoms. The van der Waals surface area contributed by atoms with E-state index in [4.69, 9.17) is 27.8 Å². The van der Waals surface area contributed by atoms with Gasteiger partial charge in [-0.1, -0.05) is 23.7 Å². The average molecular weight is 310 g/mol. The summed E-state index contributed by atoms with van der Waals surface area (Å²) in [7, 11) is 1.61. The highest BCUT2D eigenvalue weighted by molar-refractivity contribution is 6.33. The van der Waals surface area contributed by atoms with Crippen LogP contribution in [0.15, 0.2) is 30.3 Å². The normalized spacial score (nSPS) is 10.4. The summed E-state index contributed by atoms with van der Waals surface area (Å²) in [5.74, 6) is 0.161. The molecule has 5 N–H and O–H groups in total. The van der Waals surface area contributed by atoms with Crippen molar-refractivity contribution in [3.05, 3.63) is 46.7 Å². The van der Waals surface area contributed by atoms with E-state index in [0.717, 1.165) is 11.3 Å². The molecule has 0 saturated heterocycles. The molecule has 0 atom stereocenters. The third-order valence-electron chi connectivity index (χ3n) is 3.11. The molecule has 0 unspecified atom stereocenters. The lowest BCUT2D eigenvalue weighted by Crippen LogP contribution is -2.10. The minimum atomic E-state index is -0.625. The Labute approximate surface area is 127 Å². The number of anilines is 3. The third kappa shape index (κ3) is 3.49. The molecule has 0 saturated carbocycles. The molecule has 112 valence electrons. The molecule has 2 aromatic carbocycles. The Hall–Kier alpha value is -2.14. The predicted molar refractivity (Wildman–Crippen MR) is 85.4 cm³/mol. The van der Waals surface area contributed by atoms with Gasteiger partial charge >= 0.3 is 0 Å². The Kier molecular flexibility index (Phi) is 4.75. The molecule has 0 amide bonds. The highest BCUT2D eigenvalue weighted by Crippen LogP contribution is 2.33. The molecule has 6 heteroatoms. The first kappa shape index (κ1) is 15.3. The molecule has 0 radical (unpaired) electrons. The second-order valence-corrected chi connectivity index (χ2v) is 4.96. The Morgan fingerprint density at radius 3 is 2.71 bits per heavy atom. The fourth-order valence-corrected chi connectivity index (χ4v) is 2.15. The number of halogens is 2. The van der Waals surface area contributed by atoms with Crippen molar-refractivity contribution < 1.29 is 9.13 Å². The number of nitrogens with two attached hydrogens (primary N) is 2. The van der Waals surface area contributed by atoms with E-state index in [-0.39, 0.29) is 22.1 Å². The first-order valence-corrected chi connectivity index (χ1v) is 6.80. The number of hydrogen-bond donors (Lipinski definition) is 3. The number of nitrogen functional groups attached to an aromatic ring is 2. The van der Waals surface area contributed by atoms with E-state index in [2.05, 4.69) is 5.32 Å². The summed E-state index contributed by atoms with van der Waals surface area (Å²) in [6.07, 6.45) is 0.693. The van der Waals surface area contributed by atoms with Crippen LogP contribution in [0.3, 0.4) is 0 Å². The number of rotatable bonds is 5. The molecule has 0 fully saturated rings. The lowest BCUT2D eigenvalue weighted by atomic mass is 10.1. The Morgan fingerprint density at radius 2 is 2.00 bits per heavy atom. The summed E-state index contributed by atoms with van der Waals surface area (Å²) >= 11 is 5.78. The third-order valence-corrected chi connectivity index (χ3v) is 3.50. The van der Waals surface area contributed by atoms with Gasteiger partial charge < -0.3 is 21.5 Å². The highest BCUT2D eigenvalue weighted by atomic mass is 35.5. The smallest absolute Gasteiger partial charge is 0.169 e. The van der Waals surface area contributed by atoms with Crippen LogP contribution in [-0.4, -0.2) is 13.7 Å². The van der Waals surface area contributed by atoms with E-state index in [1.165, 1.54) is 6.07 Å². The first-order chi connectivity index (χ1) is 10.0. The summed E-state index contributed by atoms with van der Waals surface area (Å²) in [6, 6.07) is 9.12. The van der Waals surface area contributed by atoms with Gasteiger partial charge in [-0.05, 0) is 30.2 Å². The van der Waals surface area contributed by atoms with E-state index in [1.54, 1.807) is 7.11 Å². The fourth-order valence-electron chi connectivity index (χ4n) is 2.01. The van der Waals surface area contributed by atoms with Gasteiger partial charge in [0.1, 0.15) is 10.8 Å². The van der Waals surface area contributed by atoms with E-state index < -0.39 is 5.82 Å². The number of benzene rings is 2. The molecule has 21 heavy (non-hydrogen) atoms. The van der Waals surface area contributed by atoms with Crippen LogP contribution in [0.4, 0.5) is 21.5 Å². The topological polar surface area (TPSA) is 73.3 Å². The SMILES string of the molecule is COc1cccc(CCNc2c(N)cc(N)c(Cl)c2F)c1. The van der Waals surface area contributed by atoms with Gasteiger partial charge in [0.15, 0.2) is 5.82 Å². The van der Waals surface area contributed by atoms with Crippen molar-refractivity contribution in [3.8, 4) is 5.75 Å². The standard InChI is InChI=1S/C15H17ClFN3O/c1-21-10-4-2-3-9(7-10)5-6-20-15-12(19)8-11(18)13(16)14(15)17/h2-4,7-8,20H,5-6,18-19H2,1H3. The minimum absolute atomic E-state index is 0.118. The summed E-state index contributed by atoms with van der Waals surface area (Å²) in [5.41, 5.74) is 12.9. The summed E-state index contributed by atoms with van der Waals surface area (Å²) in [5, 5.41) is 2.84. The van der Waals surface area contributed by atoms with Crippen LogP contribution in [0.1, 0.15) is 5.56 Å². The van der Waals surface area contributed by atoms with Crippen LogP contribution in [-0.2, 0) is 6.42 Å². The van der Waals surface area contributed by atoms with Crippen molar-refractivity contribution >= 4 is 28.7 Å². The Balaban J connectivity index is 2.05. The van der Waals surface area contributed by atoms with Crippen molar-refractivity contribution in [2.24, 2.45) is 0 Å². The Morgan fingerprint density at radius 1 is 1.24 bits per heavy atom. The monoisotopic (exact) mass is 309 g/mol. The van der Waals surface area contributed by atoms with Gasteiger partial charge in [0, 0.05) is 6.54 Å². The maximum Gasteiger partial charge on any atom is 0.169 e. The van der Waals surface area contributed by atoms with E-state index in [9.17, 15) is 4.39 Å². The lowest BCUT2D eigenvalue weighted by Gasteiger charge is -2.13. The molecule has 2 rings (SSSR count). The van der Waals surface area contributed by atoms with Crippen LogP contribution < -0.4 is 21.5 Å². The summed E-state index contributed by atoms with van der Waals surface area (Å²) < 4.78 is 19.1. The zero-order valence-electron chi connectivity index (χ0n) is 11.6. The van der Waals surface area contributed by atoms with Gasteiger partial charge in [0.2, 0.25) is 0 Å². The van der Waals surface area contributed by atoms with Crippen molar-refractivity contribution in [1.29, 1.82) is 0 Å². The minimum Gasteiger partial charge on any atom is -0.497 e. The van der Waals surface area contributed by atoms with E-state index >= 15 is 0 Å². The van der Waals surface area contributed by atoms with Gasteiger partial charge in [-0.15, -0.1) is 0 Å². The maximum atomic E-state index is 14.0. The van der Waals surface area contributed by atoms with Gasteiger partial charge in [-0.25, -0.2) is 4.39 Å². The van der Waals surface area contributed by atoms with Crippen molar-refractivity contribution in [2.45, 2.75) is 6.42 Å². The zero-order chi connectivity index (χ0) is 15.4. The molecular formula is C15H17ClFN3O. The van der Waals surface area contributed by atoms with Crippen LogP contribution in [0, 0.1) is 5.82 Å². The quantitative estimate of drug-likeness (QED) is 0.741. The van der Waals surface area contributed by atoms with Crippen LogP contribution >= 0.6 is 11.6 Å². The molecular weight excluding hydrogens is 293 g/mol. The lowest BCUT2D eigenvalue weighted by molar-refractivity contribution is 0.414. The van der Waals surface area contributed by atoms with Crippen LogP contribution in [0.25, 0.3) is 0 Å². The van der Waals surface area contributed by atoms with Crippen LogP contribution in [0.5, 0.6) is 5.75 Å². The molecule has 0 aromatic heterocycles. The molecule has 0 bridgehead atoms. The molecule has 0 heterocycles. The average Bonchev–Trinajstić information content (AvgIpc) is 2.48. The largest absolute Gasteiger partial charge is 0.497 e. The number of hydrogen-bond acceptors (Lipinski definition) is 4. The predicted octanol–water partition coefficient (Wildman–Crippen LogP) is 3.31. The van der Waals surface area contributed by atoms with Crippen molar-refractivity contribution in [2.75, 3.05) is 30.4 Å². The first-order valence-electron chi connectivity index (χ1n) is 6.42. The second-order valence-electron chi connectivity index (χ2n) is 4.59. The molecule has 0 aliphatic carbocycles. The Bertz CT molecular complexity index is 649. The molecule has 0 aliphatic heterocycles. The van der Waals surface area contributed by atoms with Gasteiger partial charge in [-0.3, -0.25) is 0 Å². The molecule has 4 nitrogen and oxygen atoms in total. The van der Waals surface area contributed by atoms with Crippen molar-refractivity contribution in [3.63, 3.8) is 0 Å². The van der Waals surface area contributed by atoms with E-state index in [1.807, 2.05) is 24.3 Å². The fraction of sp³-hybridized carbons (Fsp3) is 0.200. The number of nitrogens with one attached hydrogen (secondary N) is 1. The number of ether oxygens (including phenoxy) is 1. The second kappa shape index (κ2) is 6.54. The van der Waals surface area contributed by atoms with Gasteiger partial charge in [0.05, 0.1) is 24.2 Å². The van der Waals surface area contributed by atoms with Crippen molar-refractivity contribution in [1.82, 2.24) is 0 Å². The van der Waals surface area contributed by atoms with Gasteiger partial charge in [-0.2, -0.15) is 0 Å². The van der Waals surface area contributed by atoms with E-state index in [0.29, 0.717) is 13.0 Å². The summed E-state index contributed by atoms with van der Waals surface area (Å²) in [6.45, 7) is 0.508. The zero-order valence-corrected chi connectivity index (χ0v) is 12.4. The molecule has 2 aromatic rings. The van der Waals surface area contributed by atoms with Crippen LogP contribution in [0.2, 0.25) is 5.02 Å². The summed E-state index contributed by atoms with van der Waals surface area (Å²) in [4.78, 5) is 0. The highest BCUT2D eigenvalue weighted by Gasteiger charge is 2.13. The maximum absolute atomic E-state index is 14.0. The van der Waals surface area contributed by atoms with Gasteiger partial charge in [0.25, 0.3) is 0 Å². The molecule has 0 aliphatic rings. The number of methoxy groups -OCH3 is 1.